The number of rotatable bonds is 5. The predicted octanol–water partition coefficient (Wildman–Crippen LogP) is 1.96. The number of nitrogens with zero attached hydrogens (tertiary/aromatic N) is 3. The molecule has 118 valence electrons. The third-order valence-corrected chi connectivity index (χ3v) is 3.84. The second-order valence-electron chi connectivity index (χ2n) is 4.77. The lowest BCUT2D eigenvalue weighted by Gasteiger charge is -2.08. The molecular formula is C14H14BrN7O. The molecule has 0 saturated carbocycles. The molecule has 0 saturated heterocycles. The van der Waals surface area contributed by atoms with Crippen LogP contribution in [0, 0.1) is 0 Å². The predicted molar refractivity (Wildman–Crippen MR) is 87.2 cm³/mol. The van der Waals surface area contributed by atoms with E-state index in [2.05, 4.69) is 51.9 Å². The number of aromatic amines is 2. The van der Waals surface area contributed by atoms with Crippen LogP contribution in [0.3, 0.4) is 0 Å². The van der Waals surface area contributed by atoms with Crippen LogP contribution in [0.1, 0.15) is 11.3 Å². The van der Waals surface area contributed by atoms with E-state index >= 15 is 0 Å². The molecule has 0 atom stereocenters. The van der Waals surface area contributed by atoms with Gasteiger partial charge < -0.3 is 10.6 Å². The smallest absolute Gasteiger partial charge is 0.315 e. The maximum atomic E-state index is 11.8. The Morgan fingerprint density at radius 3 is 2.78 bits per heavy atom. The van der Waals surface area contributed by atoms with Gasteiger partial charge in [-0.25, -0.2) is 9.78 Å². The first-order valence-electron chi connectivity index (χ1n) is 6.86. The molecule has 23 heavy (non-hydrogen) atoms. The molecule has 0 radical (unpaired) electrons. The summed E-state index contributed by atoms with van der Waals surface area (Å²) in [4.78, 5) is 15.9. The van der Waals surface area contributed by atoms with Crippen molar-refractivity contribution < 1.29 is 4.79 Å². The van der Waals surface area contributed by atoms with Crippen molar-refractivity contribution in [3.63, 3.8) is 0 Å². The molecule has 9 heteroatoms. The summed E-state index contributed by atoms with van der Waals surface area (Å²) in [5.41, 5.74) is 2.70. The van der Waals surface area contributed by atoms with Crippen molar-refractivity contribution in [3.05, 3.63) is 52.5 Å². The SMILES string of the molecule is O=C(NCc1cccc(-c2ncn[nH]2)c1)NCc1[nH]ncc1Br. The van der Waals surface area contributed by atoms with Gasteiger partial charge in [-0.3, -0.25) is 10.2 Å². The molecule has 0 aliphatic rings. The largest absolute Gasteiger partial charge is 0.334 e. The van der Waals surface area contributed by atoms with Gasteiger partial charge in [0.25, 0.3) is 0 Å². The topological polar surface area (TPSA) is 111 Å². The first-order chi connectivity index (χ1) is 11.2. The molecule has 2 amide bonds. The van der Waals surface area contributed by atoms with E-state index in [1.807, 2.05) is 24.3 Å². The molecule has 0 fully saturated rings. The Kier molecular flexibility index (Phi) is 4.67. The van der Waals surface area contributed by atoms with Crippen molar-refractivity contribution in [2.45, 2.75) is 13.1 Å². The summed E-state index contributed by atoms with van der Waals surface area (Å²) in [6, 6.07) is 7.48. The van der Waals surface area contributed by atoms with Gasteiger partial charge in [-0.15, -0.1) is 0 Å². The van der Waals surface area contributed by atoms with Crippen molar-refractivity contribution in [2.75, 3.05) is 0 Å². The summed E-state index contributed by atoms with van der Waals surface area (Å²) in [5, 5.41) is 18.9. The van der Waals surface area contributed by atoms with E-state index in [0.29, 0.717) is 18.9 Å². The number of nitrogens with one attached hydrogen (secondary N) is 4. The Hall–Kier alpha value is -2.68. The van der Waals surface area contributed by atoms with Gasteiger partial charge in [-0.2, -0.15) is 10.2 Å². The highest BCUT2D eigenvalue weighted by Crippen LogP contribution is 2.15. The zero-order valence-electron chi connectivity index (χ0n) is 12.0. The Bertz CT molecular complexity index is 784. The third-order valence-electron chi connectivity index (χ3n) is 3.16. The lowest BCUT2D eigenvalue weighted by Crippen LogP contribution is -2.34. The summed E-state index contributed by atoms with van der Waals surface area (Å²) < 4.78 is 0.831. The maximum Gasteiger partial charge on any atom is 0.315 e. The molecule has 1 aromatic carbocycles. The van der Waals surface area contributed by atoms with Crippen LogP contribution in [0.15, 0.2) is 41.3 Å². The highest BCUT2D eigenvalue weighted by molar-refractivity contribution is 9.10. The van der Waals surface area contributed by atoms with Crippen molar-refractivity contribution >= 4 is 22.0 Å². The molecule has 0 bridgehead atoms. The molecule has 3 rings (SSSR count). The standard InChI is InChI=1S/C14H14BrN7O/c15-11-6-19-21-12(11)7-17-14(23)16-5-9-2-1-3-10(4-9)13-18-8-20-22-13/h1-4,6,8H,5,7H2,(H,19,21)(H2,16,17,23)(H,18,20,22). The number of aromatic nitrogens is 5. The van der Waals surface area contributed by atoms with Crippen molar-refractivity contribution in [1.82, 2.24) is 36.0 Å². The van der Waals surface area contributed by atoms with Gasteiger partial charge in [0.15, 0.2) is 5.82 Å². The fourth-order valence-corrected chi connectivity index (χ4v) is 2.34. The van der Waals surface area contributed by atoms with Crippen LogP contribution in [0.5, 0.6) is 0 Å². The van der Waals surface area contributed by atoms with Crippen LogP contribution >= 0.6 is 15.9 Å². The minimum atomic E-state index is -0.253. The van der Waals surface area contributed by atoms with Gasteiger partial charge in [-0.1, -0.05) is 18.2 Å². The molecule has 0 aliphatic carbocycles. The molecule has 0 spiro atoms. The minimum Gasteiger partial charge on any atom is -0.334 e. The fourth-order valence-electron chi connectivity index (χ4n) is 2.01. The minimum absolute atomic E-state index is 0.253. The Balaban J connectivity index is 1.53. The van der Waals surface area contributed by atoms with Crippen molar-refractivity contribution in [2.24, 2.45) is 0 Å². The number of urea groups is 1. The number of carbonyl (C=O) groups excluding carboxylic acids is 1. The molecule has 3 aromatic rings. The third kappa shape index (κ3) is 3.95. The van der Waals surface area contributed by atoms with Crippen LogP contribution in [-0.2, 0) is 13.1 Å². The van der Waals surface area contributed by atoms with Gasteiger partial charge in [-0.05, 0) is 27.6 Å². The Morgan fingerprint density at radius 1 is 1.17 bits per heavy atom. The van der Waals surface area contributed by atoms with E-state index in [1.165, 1.54) is 6.33 Å². The molecule has 0 unspecified atom stereocenters. The van der Waals surface area contributed by atoms with E-state index in [1.54, 1.807) is 6.20 Å². The van der Waals surface area contributed by atoms with E-state index in [0.717, 1.165) is 21.3 Å². The highest BCUT2D eigenvalue weighted by atomic mass is 79.9. The normalized spacial score (nSPS) is 10.5. The van der Waals surface area contributed by atoms with Gasteiger partial charge in [0.1, 0.15) is 6.33 Å². The first kappa shape index (κ1) is 15.2. The fraction of sp³-hybridized carbons (Fsp3) is 0.143. The van der Waals surface area contributed by atoms with Crippen LogP contribution in [0.2, 0.25) is 0 Å². The van der Waals surface area contributed by atoms with Gasteiger partial charge in [0.05, 0.1) is 22.9 Å². The van der Waals surface area contributed by atoms with Crippen LogP contribution < -0.4 is 10.6 Å². The van der Waals surface area contributed by atoms with Crippen LogP contribution in [0.4, 0.5) is 4.79 Å². The maximum absolute atomic E-state index is 11.8. The molecule has 8 nitrogen and oxygen atoms in total. The lowest BCUT2D eigenvalue weighted by atomic mass is 10.1. The Labute approximate surface area is 140 Å². The molecular weight excluding hydrogens is 362 g/mol. The quantitative estimate of drug-likeness (QED) is 0.545. The number of benzene rings is 1. The number of hydrogen-bond donors (Lipinski definition) is 4. The molecule has 2 heterocycles. The second kappa shape index (κ2) is 7.05. The van der Waals surface area contributed by atoms with Gasteiger partial charge in [0, 0.05) is 12.1 Å². The highest BCUT2D eigenvalue weighted by Gasteiger charge is 2.06. The zero-order valence-corrected chi connectivity index (χ0v) is 13.6. The zero-order chi connectivity index (χ0) is 16.1. The number of carbonyl (C=O) groups is 1. The molecule has 2 aromatic heterocycles. The average Bonchev–Trinajstić information content (AvgIpc) is 3.23. The number of amides is 2. The number of halogens is 1. The number of hydrogen-bond acceptors (Lipinski definition) is 4. The monoisotopic (exact) mass is 375 g/mol. The summed E-state index contributed by atoms with van der Waals surface area (Å²) >= 11 is 3.34. The summed E-state index contributed by atoms with van der Waals surface area (Å²) in [6.07, 6.45) is 3.10. The van der Waals surface area contributed by atoms with Crippen molar-refractivity contribution in [1.29, 1.82) is 0 Å². The van der Waals surface area contributed by atoms with Crippen LogP contribution in [-0.4, -0.2) is 31.4 Å². The van der Waals surface area contributed by atoms with Crippen LogP contribution in [0.25, 0.3) is 11.4 Å². The van der Waals surface area contributed by atoms with E-state index < -0.39 is 0 Å². The van der Waals surface area contributed by atoms with E-state index in [9.17, 15) is 4.79 Å². The van der Waals surface area contributed by atoms with Crippen molar-refractivity contribution in [3.8, 4) is 11.4 Å². The molecule has 4 N–H and O–H groups in total. The summed E-state index contributed by atoms with van der Waals surface area (Å²) in [5.74, 6) is 0.695. The first-order valence-corrected chi connectivity index (χ1v) is 7.66. The van der Waals surface area contributed by atoms with Gasteiger partial charge in [0.2, 0.25) is 0 Å². The summed E-state index contributed by atoms with van der Waals surface area (Å²) in [7, 11) is 0. The van der Waals surface area contributed by atoms with E-state index in [-0.39, 0.29) is 6.03 Å². The lowest BCUT2D eigenvalue weighted by molar-refractivity contribution is 0.240. The Morgan fingerprint density at radius 2 is 2.04 bits per heavy atom. The van der Waals surface area contributed by atoms with Gasteiger partial charge >= 0.3 is 6.03 Å². The second-order valence-corrected chi connectivity index (χ2v) is 5.62. The summed E-state index contributed by atoms with van der Waals surface area (Å²) in [6.45, 7) is 0.780. The number of H-pyrrole nitrogens is 2. The molecule has 0 aliphatic heterocycles. The average molecular weight is 376 g/mol. The van der Waals surface area contributed by atoms with E-state index in [4.69, 9.17) is 0 Å².